The largest absolute Gasteiger partial charge is 0.494 e. The second-order valence-corrected chi connectivity index (χ2v) is 7.45. The molecule has 2 amide bonds. The summed E-state index contributed by atoms with van der Waals surface area (Å²) in [6.45, 7) is 6.75. The minimum atomic E-state index is -0.518. The number of hydrogen-bond acceptors (Lipinski definition) is 5. The highest BCUT2D eigenvalue weighted by molar-refractivity contribution is 5.94. The highest BCUT2D eigenvalue weighted by Crippen LogP contribution is 2.30. The quantitative estimate of drug-likeness (QED) is 0.655. The summed E-state index contributed by atoms with van der Waals surface area (Å²) >= 11 is 0. The molecule has 0 aromatic heterocycles. The van der Waals surface area contributed by atoms with Crippen molar-refractivity contribution in [3.8, 4) is 5.75 Å². The van der Waals surface area contributed by atoms with Crippen molar-refractivity contribution in [2.45, 2.75) is 33.6 Å². The van der Waals surface area contributed by atoms with E-state index in [0.717, 1.165) is 0 Å². The molecule has 0 atom stereocenters. The molecule has 1 fully saturated rings. The minimum absolute atomic E-state index is 0.0911. The number of methoxy groups -OCH3 is 1. The van der Waals surface area contributed by atoms with Crippen LogP contribution in [0.5, 0.6) is 5.75 Å². The highest BCUT2D eigenvalue weighted by atomic mass is 16.6. The lowest BCUT2D eigenvalue weighted by Crippen LogP contribution is -2.45. The summed E-state index contributed by atoms with van der Waals surface area (Å²) in [6.07, 6.45) is 1.17. The molecule has 0 bridgehead atoms. The summed E-state index contributed by atoms with van der Waals surface area (Å²) in [6, 6.07) is 4.07. The number of ether oxygens (including phenoxy) is 1. The molecule has 0 radical (unpaired) electrons. The third-order valence-electron chi connectivity index (χ3n) is 4.45. The van der Waals surface area contributed by atoms with Crippen molar-refractivity contribution in [2.24, 2.45) is 11.3 Å². The molecule has 1 aliphatic rings. The van der Waals surface area contributed by atoms with Gasteiger partial charge in [0.2, 0.25) is 11.8 Å². The SMILES string of the molecule is COc1cc([N+](=O)[O-])ccc1NC(=O)C1CCN(C(=O)C(C)(C)C)CC1. The van der Waals surface area contributed by atoms with Crippen LogP contribution in [0.2, 0.25) is 0 Å². The molecule has 142 valence electrons. The van der Waals surface area contributed by atoms with Crippen molar-refractivity contribution in [1.82, 2.24) is 4.90 Å². The van der Waals surface area contributed by atoms with Gasteiger partial charge in [-0.1, -0.05) is 20.8 Å². The second kappa shape index (κ2) is 7.72. The number of benzene rings is 1. The van der Waals surface area contributed by atoms with Gasteiger partial charge in [0.15, 0.2) is 0 Å². The van der Waals surface area contributed by atoms with Crippen LogP contribution in [0.4, 0.5) is 11.4 Å². The number of nitro benzene ring substituents is 1. The number of rotatable bonds is 4. The number of nitrogens with zero attached hydrogens (tertiary/aromatic N) is 2. The number of nitrogens with one attached hydrogen (secondary N) is 1. The van der Waals surface area contributed by atoms with Crippen LogP contribution in [0.15, 0.2) is 18.2 Å². The first-order chi connectivity index (χ1) is 12.1. The summed E-state index contributed by atoms with van der Waals surface area (Å²) in [4.78, 5) is 37.0. The Morgan fingerprint density at radius 3 is 2.38 bits per heavy atom. The van der Waals surface area contributed by atoms with Crippen LogP contribution < -0.4 is 10.1 Å². The third-order valence-corrected chi connectivity index (χ3v) is 4.45. The van der Waals surface area contributed by atoms with Gasteiger partial charge in [-0.25, -0.2) is 0 Å². The first-order valence-corrected chi connectivity index (χ1v) is 8.56. The summed E-state index contributed by atoms with van der Waals surface area (Å²) in [7, 11) is 1.39. The molecule has 1 aromatic rings. The van der Waals surface area contributed by atoms with Crippen molar-refractivity contribution < 1.29 is 19.2 Å². The van der Waals surface area contributed by atoms with Crippen LogP contribution in [0, 0.1) is 21.4 Å². The van der Waals surface area contributed by atoms with Gasteiger partial charge in [-0.15, -0.1) is 0 Å². The van der Waals surface area contributed by atoms with Crippen molar-refractivity contribution in [1.29, 1.82) is 0 Å². The number of anilines is 1. The molecule has 8 nitrogen and oxygen atoms in total. The number of piperidine rings is 1. The van der Waals surface area contributed by atoms with Crippen molar-refractivity contribution >= 4 is 23.2 Å². The third kappa shape index (κ3) is 4.50. The number of non-ortho nitro benzene ring substituents is 1. The zero-order valence-electron chi connectivity index (χ0n) is 15.6. The molecule has 1 saturated heterocycles. The number of carbonyl (C=O) groups is 2. The van der Waals surface area contributed by atoms with E-state index in [-0.39, 0.29) is 29.2 Å². The van der Waals surface area contributed by atoms with Crippen LogP contribution in [0.1, 0.15) is 33.6 Å². The molecular weight excluding hydrogens is 338 g/mol. The lowest BCUT2D eigenvalue weighted by Gasteiger charge is -2.35. The normalized spacial score (nSPS) is 15.5. The van der Waals surface area contributed by atoms with E-state index in [9.17, 15) is 19.7 Å². The molecule has 2 rings (SSSR count). The Balaban J connectivity index is 1.99. The van der Waals surface area contributed by atoms with E-state index in [2.05, 4.69) is 5.32 Å². The van der Waals surface area contributed by atoms with Crippen LogP contribution in [0.25, 0.3) is 0 Å². The lowest BCUT2D eigenvalue weighted by molar-refractivity contribution is -0.384. The number of hydrogen-bond donors (Lipinski definition) is 1. The smallest absolute Gasteiger partial charge is 0.273 e. The van der Waals surface area contributed by atoms with Gasteiger partial charge in [0.25, 0.3) is 5.69 Å². The zero-order chi connectivity index (χ0) is 19.5. The van der Waals surface area contributed by atoms with Crippen molar-refractivity contribution in [3.63, 3.8) is 0 Å². The first-order valence-electron chi connectivity index (χ1n) is 8.56. The molecule has 0 unspecified atom stereocenters. The minimum Gasteiger partial charge on any atom is -0.494 e. The van der Waals surface area contributed by atoms with E-state index >= 15 is 0 Å². The van der Waals surface area contributed by atoms with Crippen LogP contribution in [0.3, 0.4) is 0 Å². The number of nitro groups is 1. The standard InChI is InChI=1S/C18H25N3O5/c1-18(2,3)17(23)20-9-7-12(8-10-20)16(22)19-14-6-5-13(21(24)25)11-15(14)26-4/h5-6,11-12H,7-10H2,1-4H3,(H,19,22). The van der Waals surface area contributed by atoms with E-state index in [4.69, 9.17) is 4.74 Å². The van der Waals surface area contributed by atoms with Gasteiger partial charge < -0.3 is 15.0 Å². The van der Waals surface area contributed by atoms with Gasteiger partial charge in [-0.3, -0.25) is 19.7 Å². The Morgan fingerprint density at radius 1 is 1.27 bits per heavy atom. The average Bonchev–Trinajstić information content (AvgIpc) is 2.60. The maximum absolute atomic E-state index is 12.5. The zero-order valence-corrected chi connectivity index (χ0v) is 15.6. The molecule has 8 heteroatoms. The van der Waals surface area contributed by atoms with Crippen molar-refractivity contribution in [2.75, 3.05) is 25.5 Å². The predicted molar refractivity (Wildman–Crippen MR) is 97.0 cm³/mol. The van der Waals surface area contributed by atoms with Gasteiger partial charge in [-0.05, 0) is 18.9 Å². The van der Waals surface area contributed by atoms with Gasteiger partial charge in [0.05, 0.1) is 23.8 Å². The molecule has 1 N–H and O–H groups in total. The molecule has 26 heavy (non-hydrogen) atoms. The maximum Gasteiger partial charge on any atom is 0.273 e. The van der Waals surface area contributed by atoms with Gasteiger partial charge in [0.1, 0.15) is 5.75 Å². The Labute approximate surface area is 152 Å². The van der Waals surface area contributed by atoms with Gasteiger partial charge >= 0.3 is 0 Å². The Bertz CT molecular complexity index is 703. The molecule has 0 spiro atoms. The molecule has 0 saturated carbocycles. The van der Waals surface area contributed by atoms with Crippen LogP contribution in [-0.4, -0.2) is 41.8 Å². The van der Waals surface area contributed by atoms with Crippen LogP contribution >= 0.6 is 0 Å². The molecule has 1 aliphatic heterocycles. The Morgan fingerprint density at radius 2 is 1.88 bits per heavy atom. The molecule has 1 aromatic carbocycles. The fourth-order valence-electron chi connectivity index (χ4n) is 2.95. The maximum atomic E-state index is 12.5. The Hall–Kier alpha value is -2.64. The molecular formula is C18H25N3O5. The lowest BCUT2D eigenvalue weighted by atomic mass is 9.90. The average molecular weight is 363 g/mol. The molecule has 1 heterocycles. The fraction of sp³-hybridized carbons (Fsp3) is 0.556. The number of amides is 2. The van der Waals surface area contributed by atoms with Gasteiger partial charge in [0, 0.05) is 30.5 Å². The van der Waals surface area contributed by atoms with Gasteiger partial charge in [-0.2, -0.15) is 0 Å². The molecule has 0 aliphatic carbocycles. The van der Waals surface area contributed by atoms with E-state index in [0.29, 0.717) is 31.6 Å². The highest BCUT2D eigenvalue weighted by Gasteiger charge is 2.32. The fourth-order valence-corrected chi connectivity index (χ4v) is 2.95. The van der Waals surface area contributed by atoms with Crippen LogP contribution in [-0.2, 0) is 9.59 Å². The number of carbonyl (C=O) groups excluding carboxylic acids is 2. The number of likely N-dealkylation sites (tertiary alicyclic amines) is 1. The van der Waals surface area contributed by atoms with E-state index < -0.39 is 10.3 Å². The monoisotopic (exact) mass is 363 g/mol. The summed E-state index contributed by atoms with van der Waals surface area (Å²) in [5.74, 6) is -0.0415. The predicted octanol–water partition coefficient (Wildman–Crippen LogP) is 2.83. The van der Waals surface area contributed by atoms with E-state index in [1.165, 1.54) is 25.3 Å². The summed E-state index contributed by atoms with van der Waals surface area (Å²) in [5, 5.41) is 13.6. The van der Waals surface area contributed by atoms with E-state index in [1.807, 2.05) is 20.8 Å². The second-order valence-electron chi connectivity index (χ2n) is 7.45. The topological polar surface area (TPSA) is 102 Å². The summed E-state index contributed by atoms with van der Waals surface area (Å²) < 4.78 is 5.14. The van der Waals surface area contributed by atoms with Crippen molar-refractivity contribution in [3.05, 3.63) is 28.3 Å². The first kappa shape index (κ1) is 19.7. The summed E-state index contributed by atoms with van der Waals surface area (Å²) in [5.41, 5.74) is -0.133. The Kier molecular flexibility index (Phi) is 5.84. The van der Waals surface area contributed by atoms with E-state index in [1.54, 1.807) is 4.90 Å².